The zero-order valence-corrected chi connectivity index (χ0v) is 11.9. The molecule has 1 aromatic rings. The SMILES string of the molecule is COCCNC(=O)/C(C#N)=C\NCCc1ccccc1F. The molecule has 0 heterocycles. The third-order valence-corrected chi connectivity index (χ3v) is 2.70. The van der Waals surface area contributed by atoms with E-state index in [1.165, 1.54) is 19.4 Å². The number of nitriles is 1. The summed E-state index contributed by atoms with van der Waals surface area (Å²) in [6.07, 6.45) is 1.80. The molecule has 2 N–H and O–H groups in total. The van der Waals surface area contributed by atoms with E-state index in [1.807, 2.05) is 6.07 Å². The number of methoxy groups -OCH3 is 1. The van der Waals surface area contributed by atoms with Crippen LogP contribution in [0.1, 0.15) is 5.56 Å². The van der Waals surface area contributed by atoms with Gasteiger partial charge >= 0.3 is 0 Å². The first kappa shape index (κ1) is 16.7. The van der Waals surface area contributed by atoms with Crippen molar-refractivity contribution in [2.45, 2.75) is 6.42 Å². The lowest BCUT2D eigenvalue weighted by Crippen LogP contribution is -2.28. The van der Waals surface area contributed by atoms with E-state index in [9.17, 15) is 9.18 Å². The van der Waals surface area contributed by atoms with Gasteiger partial charge in [-0.3, -0.25) is 4.79 Å². The number of halogens is 1. The summed E-state index contributed by atoms with van der Waals surface area (Å²) in [5, 5.41) is 14.3. The number of nitrogens with one attached hydrogen (secondary N) is 2. The summed E-state index contributed by atoms with van der Waals surface area (Å²) in [7, 11) is 1.53. The van der Waals surface area contributed by atoms with Crippen LogP contribution in [0.4, 0.5) is 4.39 Å². The Bertz CT molecular complexity index is 538. The van der Waals surface area contributed by atoms with Gasteiger partial charge in [-0.05, 0) is 18.1 Å². The van der Waals surface area contributed by atoms with E-state index in [0.29, 0.717) is 31.7 Å². The maximum atomic E-state index is 13.4. The van der Waals surface area contributed by atoms with Crippen molar-refractivity contribution in [3.8, 4) is 6.07 Å². The summed E-state index contributed by atoms with van der Waals surface area (Å²) in [6.45, 7) is 1.15. The van der Waals surface area contributed by atoms with Crippen LogP contribution in [-0.2, 0) is 16.0 Å². The van der Waals surface area contributed by atoms with Crippen molar-refractivity contribution in [3.05, 3.63) is 47.4 Å². The molecule has 0 radical (unpaired) electrons. The first-order chi connectivity index (χ1) is 10.2. The number of carbonyl (C=O) groups excluding carboxylic acids is 1. The monoisotopic (exact) mass is 291 g/mol. The molecule has 21 heavy (non-hydrogen) atoms. The Morgan fingerprint density at radius 2 is 2.19 bits per heavy atom. The minimum absolute atomic E-state index is 0.0281. The zero-order chi connectivity index (χ0) is 15.5. The van der Waals surface area contributed by atoms with Crippen LogP contribution in [0, 0.1) is 17.1 Å². The van der Waals surface area contributed by atoms with Gasteiger partial charge in [-0.2, -0.15) is 5.26 Å². The average molecular weight is 291 g/mol. The molecule has 1 rings (SSSR count). The van der Waals surface area contributed by atoms with E-state index >= 15 is 0 Å². The van der Waals surface area contributed by atoms with Gasteiger partial charge in [0.05, 0.1) is 6.61 Å². The molecule has 0 saturated carbocycles. The van der Waals surface area contributed by atoms with E-state index < -0.39 is 5.91 Å². The molecular formula is C15H18FN3O2. The number of benzene rings is 1. The van der Waals surface area contributed by atoms with Crippen LogP contribution in [0.2, 0.25) is 0 Å². The molecule has 6 heteroatoms. The molecular weight excluding hydrogens is 273 g/mol. The van der Waals surface area contributed by atoms with Crippen LogP contribution in [-0.4, -0.2) is 32.7 Å². The van der Waals surface area contributed by atoms with Gasteiger partial charge in [0.15, 0.2) is 0 Å². The third kappa shape index (κ3) is 6.06. The van der Waals surface area contributed by atoms with Gasteiger partial charge in [0.1, 0.15) is 17.5 Å². The van der Waals surface area contributed by atoms with Gasteiger partial charge in [-0.1, -0.05) is 18.2 Å². The molecule has 0 aliphatic heterocycles. The molecule has 5 nitrogen and oxygen atoms in total. The molecule has 112 valence electrons. The Morgan fingerprint density at radius 3 is 2.86 bits per heavy atom. The highest BCUT2D eigenvalue weighted by atomic mass is 19.1. The van der Waals surface area contributed by atoms with E-state index in [2.05, 4.69) is 10.6 Å². The fourth-order valence-electron chi connectivity index (χ4n) is 1.59. The van der Waals surface area contributed by atoms with Crippen LogP contribution in [0.3, 0.4) is 0 Å². The van der Waals surface area contributed by atoms with Crippen LogP contribution in [0.25, 0.3) is 0 Å². The Kier molecular flexibility index (Phi) is 7.54. The van der Waals surface area contributed by atoms with Crippen molar-refractivity contribution in [2.75, 3.05) is 26.8 Å². The summed E-state index contributed by atoms with van der Waals surface area (Å²) in [5.41, 5.74) is 0.557. The molecule has 0 aliphatic rings. The first-order valence-corrected chi connectivity index (χ1v) is 6.53. The molecule has 0 aromatic heterocycles. The second-order valence-corrected chi connectivity index (χ2v) is 4.21. The van der Waals surface area contributed by atoms with Gasteiger partial charge < -0.3 is 15.4 Å². The summed E-state index contributed by atoms with van der Waals surface area (Å²) >= 11 is 0. The number of rotatable bonds is 8. The minimum atomic E-state index is -0.465. The highest BCUT2D eigenvalue weighted by Gasteiger charge is 2.07. The number of hydrogen-bond donors (Lipinski definition) is 2. The molecule has 0 fully saturated rings. The number of carbonyl (C=O) groups is 1. The van der Waals surface area contributed by atoms with Crippen LogP contribution in [0.15, 0.2) is 36.0 Å². The second-order valence-electron chi connectivity index (χ2n) is 4.21. The maximum Gasteiger partial charge on any atom is 0.263 e. The Balaban J connectivity index is 2.41. The van der Waals surface area contributed by atoms with Crippen molar-refractivity contribution in [3.63, 3.8) is 0 Å². The average Bonchev–Trinajstić information content (AvgIpc) is 2.49. The fraction of sp³-hybridized carbons (Fsp3) is 0.333. The Hall–Kier alpha value is -2.39. The normalized spacial score (nSPS) is 10.8. The lowest BCUT2D eigenvalue weighted by molar-refractivity contribution is -0.117. The summed E-state index contributed by atoms with van der Waals surface area (Å²) < 4.78 is 18.2. The lowest BCUT2D eigenvalue weighted by atomic mass is 10.1. The standard InChI is InChI=1S/C15H18FN3O2/c1-21-9-8-19-15(20)13(10-17)11-18-7-6-12-4-2-3-5-14(12)16/h2-5,11,18H,6-9H2,1H3,(H,19,20)/b13-11-. The van der Waals surface area contributed by atoms with Gasteiger partial charge in [-0.25, -0.2) is 4.39 Å². The van der Waals surface area contributed by atoms with Crippen molar-refractivity contribution >= 4 is 5.91 Å². The third-order valence-electron chi connectivity index (χ3n) is 2.70. The second kappa shape index (κ2) is 9.50. The molecule has 0 saturated heterocycles. The van der Waals surface area contributed by atoms with Crippen LogP contribution >= 0.6 is 0 Å². The predicted octanol–water partition coefficient (Wildman–Crippen LogP) is 1.13. The van der Waals surface area contributed by atoms with Crippen molar-refractivity contribution < 1.29 is 13.9 Å². The summed E-state index contributed by atoms with van der Waals surface area (Å²) in [6, 6.07) is 8.30. The largest absolute Gasteiger partial charge is 0.389 e. The maximum absolute atomic E-state index is 13.4. The minimum Gasteiger partial charge on any atom is -0.389 e. The quantitative estimate of drug-likeness (QED) is 0.428. The van der Waals surface area contributed by atoms with E-state index in [-0.39, 0.29) is 11.4 Å². The molecule has 0 spiro atoms. The Labute approximate surface area is 123 Å². The highest BCUT2D eigenvalue weighted by molar-refractivity contribution is 5.97. The van der Waals surface area contributed by atoms with Gasteiger partial charge in [-0.15, -0.1) is 0 Å². The number of amides is 1. The number of ether oxygens (including phenoxy) is 1. The van der Waals surface area contributed by atoms with Crippen LogP contribution < -0.4 is 10.6 Å². The predicted molar refractivity (Wildman–Crippen MR) is 76.7 cm³/mol. The molecule has 1 aromatic carbocycles. The van der Waals surface area contributed by atoms with E-state index in [4.69, 9.17) is 10.00 Å². The topological polar surface area (TPSA) is 74.1 Å². The number of nitrogens with zero attached hydrogens (tertiary/aromatic N) is 1. The molecule has 0 unspecified atom stereocenters. The fourth-order valence-corrected chi connectivity index (χ4v) is 1.59. The summed E-state index contributed by atoms with van der Waals surface area (Å²) in [5.74, 6) is -0.728. The molecule has 0 atom stereocenters. The molecule has 1 amide bonds. The number of hydrogen-bond acceptors (Lipinski definition) is 4. The van der Waals surface area contributed by atoms with Gasteiger partial charge in [0.2, 0.25) is 0 Å². The van der Waals surface area contributed by atoms with Crippen molar-refractivity contribution in [1.82, 2.24) is 10.6 Å². The Morgan fingerprint density at radius 1 is 1.43 bits per heavy atom. The summed E-state index contributed by atoms with van der Waals surface area (Å²) in [4.78, 5) is 11.6. The molecule has 0 bridgehead atoms. The highest BCUT2D eigenvalue weighted by Crippen LogP contribution is 2.06. The van der Waals surface area contributed by atoms with Gasteiger partial charge in [0, 0.05) is 26.4 Å². The van der Waals surface area contributed by atoms with E-state index in [0.717, 1.165) is 0 Å². The van der Waals surface area contributed by atoms with Crippen molar-refractivity contribution in [1.29, 1.82) is 5.26 Å². The van der Waals surface area contributed by atoms with Gasteiger partial charge in [0.25, 0.3) is 5.91 Å². The van der Waals surface area contributed by atoms with Crippen molar-refractivity contribution in [2.24, 2.45) is 0 Å². The first-order valence-electron chi connectivity index (χ1n) is 6.53. The van der Waals surface area contributed by atoms with Crippen LogP contribution in [0.5, 0.6) is 0 Å². The zero-order valence-electron chi connectivity index (χ0n) is 11.9. The van der Waals surface area contributed by atoms with E-state index in [1.54, 1.807) is 18.2 Å². The smallest absolute Gasteiger partial charge is 0.263 e. The molecule has 0 aliphatic carbocycles. The lowest BCUT2D eigenvalue weighted by Gasteiger charge is -2.05.